The molecule has 2 aromatic rings. The normalized spacial score (nSPS) is 11.6. The smallest absolute Gasteiger partial charge is 0.399 e. The maximum absolute atomic E-state index is 13.1. The van der Waals surface area contributed by atoms with Gasteiger partial charge in [-0.15, -0.1) is 11.8 Å². The van der Waals surface area contributed by atoms with Gasteiger partial charge in [-0.05, 0) is 29.8 Å². The van der Waals surface area contributed by atoms with Gasteiger partial charge in [0.05, 0.1) is 5.56 Å². The average molecular weight is 301 g/mol. The predicted octanol–water partition coefficient (Wildman–Crippen LogP) is 4.72. The molecule has 0 spiro atoms. The van der Waals surface area contributed by atoms with Crippen molar-refractivity contribution in [1.82, 2.24) is 0 Å². The molecule has 0 saturated heterocycles. The van der Waals surface area contributed by atoms with E-state index >= 15 is 0 Å². The standard InChI is InChI=1S/C14H11F4NS/c15-11-5-12(19)7-13(6-11)20-8-9-2-1-3-10(4-9)14(16,17)18/h1-7H,8,19H2. The van der Waals surface area contributed by atoms with Crippen LogP contribution in [0, 0.1) is 5.82 Å². The Morgan fingerprint density at radius 2 is 1.80 bits per heavy atom. The molecule has 2 rings (SSSR count). The molecule has 2 N–H and O–H groups in total. The summed E-state index contributed by atoms with van der Waals surface area (Å²) in [7, 11) is 0. The Balaban J connectivity index is 2.11. The highest BCUT2D eigenvalue weighted by atomic mass is 32.2. The van der Waals surface area contributed by atoms with Crippen molar-refractivity contribution in [3.8, 4) is 0 Å². The fourth-order valence-corrected chi connectivity index (χ4v) is 2.60. The molecule has 0 unspecified atom stereocenters. The van der Waals surface area contributed by atoms with Gasteiger partial charge >= 0.3 is 6.18 Å². The van der Waals surface area contributed by atoms with Crippen LogP contribution in [0.4, 0.5) is 23.2 Å². The Bertz CT molecular complexity index is 590. The molecule has 106 valence electrons. The van der Waals surface area contributed by atoms with E-state index in [9.17, 15) is 17.6 Å². The Morgan fingerprint density at radius 3 is 2.45 bits per heavy atom. The first kappa shape index (κ1) is 14.7. The Hall–Kier alpha value is -1.69. The number of halogens is 4. The van der Waals surface area contributed by atoms with E-state index in [0.717, 1.165) is 12.1 Å². The van der Waals surface area contributed by atoms with Crippen molar-refractivity contribution < 1.29 is 17.6 Å². The molecule has 0 atom stereocenters. The molecule has 0 radical (unpaired) electrons. The lowest BCUT2D eigenvalue weighted by Gasteiger charge is -2.09. The summed E-state index contributed by atoms with van der Waals surface area (Å²) >= 11 is 1.23. The molecule has 0 aliphatic carbocycles. The molecule has 2 aromatic carbocycles. The van der Waals surface area contributed by atoms with E-state index in [4.69, 9.17) is 5.73 Å². The first-order valence-electron chi connectivity index (χ1n) is 5.69. The third-order valence-electron chi connectivity index (χ3n) is 2.55. The summed E-state index contributed by atoms with van der Waals surface area (Å²) in [4.78, 5) is 0.583. The lowest BCUT2D eigenvalue weighted by Crippen LogP contribution is -2.04. The quantitative estimate of drug-likeness (QED) is 0.504. The van der Waals surface area contributed by atoms with Crippen LogP contribution in [0.5, 0.6) is 0 Å². The van der Waals surface area contributed by atoms with E-state index < -0.39 is 17.6 Å². The van der Waals surface area contributed by atoms with Gasteiger partial charge in [-0.1, -0.05) is 18.2 Å². The molecule has 1 nitrogen and oxygen atoms in total. The van der Waals surface area contributed by atoms with Gasteiger partial charge in [0, 0.05) is 16.3 Å². The molecule has 0 aliphatic heterocycles. The lowest BCUT2D eigenvalue weighted by atomic mass is 10.1. The highest BCUT2D eigenvalue weighted by Crippen LogP contribution is 2.31. The number of thioether (sulfide) groups is 1. The van der Waals surface area contributed by atoms with Crippen molar-refractivity contribution >= 4 is 17.4 Å². The summed E-state index contributed by atoms with van der Waals surface area (Å²) in [5.41, 5.74) is 5.63. The zero-order chi connectivity index (χ0) is 14.8. The molecule has 0 amide bonds. The van der Waals surface area contributed by atoms with E-state index in [-0.39, 0.29) is 5.69 Å². The molecule has 0 saturated carbocycles. The average Bonchev–Trinajstić information content (AvgIpc) is 2.35. The van der Waals surface area contributed by atoms with Gasteiger partial charge in [0.2, 0.25) is 0 Å². The predicted molar refractivity (Wildman–Crippen MR) is 71.8 cm³/mol. The third kappa shape index (κ3) is 3.90. The molecule has 0 aliphatic rings. The molecule has 20 heavy (non-hydrogen) atoms. The second-order valence-electron chi connectivity index (χ2n) is 4.21. The van der Waals surface area contributed by atoms with Crippen LogP contribution in [0.2, 0.25) is 0 Å². The van der Waals surface area contributed by atoms with Crippen molar-refractivity contribution in [2.45, 2.75) is 16.8 Å². The van der Waals surface area contributed by atoms with Gasteiger partial charge in [-0.25, -0.2) is 4.39 Å². The Morgan fingerprint density at radius 1 is 1.05 bits per heavy atom. The number of hydrogen-bond acceptors (Lipinski definition) is 2. The molecule has 0 heterocycles. The van der Waals surface area contributed by atoms with Crippen LogP contribution in [0.3, 0.4) is 0 Å². The number of benzene rings is 2. The van der Waals surface area contributed by atoms with Crippen molar-refractivity contribution in [2.24, 2.45) is 0 Å². The van der Waals surface area contributed by atoms with E-state index in [0.29, 0.717) is 16.2 Å². The first-order chi connectivity index (χ1) is 9.34. The summed E-state index contributed by atoms with van der Waals surface area (Å²) < 4.78 is 50.8. The van der Waals surface area contributed by atoms with Crippen molar-refractivity contribution in [3.05, 3.63) is 59.4 Å². The topological polar surface area (TPSA) is 26.0 Å². The van der Waals surface area contributed by atoms with Crippen molar-refractivity contribution in [2.75, 3.05) is 5.73 Å². The van der Waals surface area contributed by atoms with Crippen LogP contribution >= 0.6 is 11.8 Å². The Kier molecular flexibility index (Phi) is 4.23. The number of hydrogen-bond donors (Lipinski definition) is 1. The van der Waals surface area contributed by atoms with Gasteiger partial charge < -0.3 is 5.73 Å². The molecule has 0 bridgehead atoms. The summed E-state index contributed by atoms with van der Waals surface area (Å²) in [6.07, 6.45) is -4.36. The van der Waals surface area contributed by atoms with E-state index in [1.165, 1.54) is 30.0 Å². The summed E-state index contributed by atoms with van der Waals surface area (Å²) in [6.45, 7) is 0. The first-order valence-corrected chi connectivity index (χ1v) is 6.68. The van der Waals surface area contributed by atoms with Gasteiger partial charge in [0.15, 0.2) is 0 Å². The highest BCUT2D eigenvalue weighted by Gasteiger charge is 2.30. The number of anilines is 1. The summed E-state index contributed by atoms with van der Waals surface area (Å²) in [6, 6.07) is 9.15. The van der Waals surface area contributed by atoms with E-state index in [2.05, 4.69) is 0 Å². The highest BCUT2D eigenvalue weighted by molar-refractivity contribution is 7.98. The van der Waals surface area contributed by atoms with Crippen LogP contribution in [0.1, 0.15) is 11.1 Å². The van der Waals surface area contributed by atoms with Gasteiger partial charge in [-0.3, -0.25) is 0 Å². The minimum absolute atomic E-state index is 0.288. The number of rotatable bonds is 3. The second-order valence-corrected chi connectivity index (χ2v) is 5.26. The number of alkyl halides is 3. The molecule has 6 heteroatoms. The molecular formula is C14H11F4NS. The Labute approximate surface area is 117 Å². The summed E-state index contributed by atoms with van der Waals surface area (Å²) in [5, 5.41) is 0. The SMILES string of the molecule is Nc1cc(F)cc(SCc2cccc(C(F)(F)F)c2)c1. The maximum atomic E-state index is 13.1. The monoisotopic (exact) mass is 301 g/mol. The second kappa shape index (κ2) is 5.75. The van der Waals surface area contributed by atoms with Crippen LogP contribution in [-0.2, 0) is 11.9 Å². The van der Waals surface area contributed by atoms with Crippen LogP contribution in [0.15, 0.2) is 47.4 Å². The van der Waals surface area contributed by atoms with Crippen molar-refractivity contribution in [3.63, 3.8) is 0 Å². The zero-order valence-corrected chi connectivity index (χ0v) is 11.1. The minimum Gasteiger partial charge on any atom is -0.399 e. The van der Waals surface area contributed by atoms with Crippen LogP contribution in [-0.4, -0.2) is 0 Å². The molecule has 0 fully saturated rings. The maximum Gasteiger partial charge on any atom is 0.416 e. The van der Waals surface area contributed by atoms with Gasteiger partial charge in [0.25, 0.3) is 0 Å². The largest absolute Gasteiger partial charge is 0.416 e. The number of nitrogen functional groups attached to an aromatic ring is 1. The van der Waals surface area contributed by atoms with Crippen molar-refractivity contribution in [1.29, 1.82) is 0 Å². The van der Waals surface area contributed by atoms with Gasteiger partial charge in [-0.2, -0.15) is 13.2 Å². The van der Waals surface area contributed by atoms with Gasteiger partial charge in [0.1, 0.15) is 5.82 Å². The lowest BCUT2D eigenvalue weighted by molar-refractivity contribution is -0.137. The van der Waals surface area contributed by atoms with Crippen LogP contribution < -0.4 is 5.73 Å². The fourth-order valence-electron chi connectivity index (χ4n) is 1.67. The molecule has 0 aromatic heterocycles. The minimum atomic E-state index is -4.36. The van der Waals surface area contributed by atoms with Crippen LogP contribution in [0.25, 0.3) is 0 Å². The van der Waals surface area contributed by atoms with E-state index in [1.807, 2.05) is 0 Å². The fraction of sp³-hybridized carbons (Fsp3) is 0.143. The zero-order valence-electron chi connectivity index (χ0n) is 10.2. The number of nitrogens with two attached hydrogens (primary N) is 1. The summed E-state index contributed by atoms with van der Waals surface area (Å²) in [5.74, 6) is -0.149. The third-order valence-corrected chi connectivity index (χ3v) is 3.60. The molecular weight excluding hydrogens is 290 g/mol. The van der Waals surface area contributed by atoms with E-state index in [1.54, 1.807) is 12.1 Å².